The minimum Gasteiger partial charge on any atom is -0.399 e. The Balaban J connectivity index is 1.50. The molecule has 0 radical (unpaired) electrons. The van der Waals surface area contributed by atoms with Gasteiger partial charge in [-0.2, -0.15) is 16.9 Å². The van der Waals surface area contributed by atoms with Crippen LogP contribution in [0.2, 0.25) is 0 Å². The van der Waals surface area contributed by atoms with Crippen LogP contribution in [-0.2, 0) is 25.9 Å². The minimum absolute atomic E-state index is 0.380. The van der Waals surface area contributed by atoms with E-state index in [2.05, 4.69) is 104 Å². The monoisotopic (exact) mass is 801 g/mol. The third-order valence-electron chi connectivity index (χ3n) is 11.8. The molecule has 11 heteroatoms. The van der Waals surface area contributed by atoms with E-state index in [1.165, 1.54) is 30.4 Å². The molecule has 2 aromatic carbocycles. The fraction of sp³-hybridized carbons (Fsp3) is 0.447. The Kier molecular flexibility index (Phi) is 14.5. The first-order chi connectivity index (χ1) is 28.0. The van der Waals surface area contributed by atoms with Gasteiger partial charge in [-0.1, -0.05) is 32.2 Å². The number of rotatable bonds is 13. The lowest BCUT2D eigenvalue weighted by Crippen LogP contribution is -2.34. The van der Waals surface area contributed by atoms with Gasteiger partial charge in [-0.3, -0.25) is 4.99 Å². The predicted octanol–water partition coefficient (Wildman–Crippen LogP) is 8.70. The van der Waals surface area contributed by atoms with Gasteiger partial charge in [-0.15, -0.1) is 0 Å². The second-order valence-electron chi connectivity index (χ2n) is 16.0. The number of benzene rings is 2. The largest absolute Gasteiger partial charge is 0.399 e. The van der Waals surface area contributed by atoms with Gasteiger partial charge in [0.1, 0.15) is 11.6 Å². The van der Waals surface area contributed by atoms with Gasteiger partial charge in [0.05, 0.1) is 27.8 Å². The molecule has 5 N–H and O–H groups in total. The van der Waals surface area contributed by atoms with Gasteiger partial charge in [-0.05, 0) is 155 Å². The van der Waals surface area contributed by atoms with E-state index in [0.29, 0.717) is 35.8 Å². The zero-order valence-corrected chi connectivity index (χ0v) is 36.4. The van der Waals surface area contributed by atoms with Crippen LogP contribution in [0, 0.1) is 5.92 Å². The zero-order chi connectivity index (χ0) is 41.3. The maximum atomic E-state index is 6.40. The quantitative estimate of drug-likeness (QED) is 0.0702. The number of aliphatic imine (C=N–C) groups is 1. The lowest BCUT2D eigenvalue weighted by molar-refractivity contribution is 0.210. The number of hydrogen-bond donors (Lipinski definition) is 3. The molecule has 6 rings (SSSR count). The summed E-state index contributed by atoms with van der Waals surface area (Å²) in [5.74, 6) is 2.48. The van der Waals surface area contributed by atoms with Gasteiger partial charge in [-0.25, -0.2) is 9.97 Å². The van der Waals surface area contributed by atoms with Crippen molar-refractivity contribution in [2.75, 3.05) is 32.9 Å². The summed E-state index contributed by atoms with van der Waals surface area (Å²) in [4.78, 5) is 17.6. The van der Waals surface area contributed by atoms with Crippen molar-refractivity contribution in [3.63, 3.8) is 0 Å². The summed E-state index contributed by atoms with van der Waals surface area (Å²) in [5.41, 5.74) is 27.3. The molecule has 3 atom stereocenters. The summed E-state index contributed by atoms with van der Waals surface area (Å²) in [7, 11) is 1.82. The Morgan fingerprint density at radius 1 is 0.897 bits per heavy atom. The number of allylic oxidation sites excluding steroid dienone is 4. The second kappa shape index (κ2) is 19.7. The predicted molar refractivity (Wildman–Crippen MR) is 251 cm³/mol. The Hall–Kier alpha value is -4.87. The molecule has 10 nitrogen and oxygen atoms in total. The van der Waals surface area contributed by atoms with E-state index in [0.717, 1.165) is 108 Å². The van der Waals surface area contributed by atoms with Crippen molar-refractivity contribution in [2.24, 2.45) is 27.5 Å². The number of thioether (sulfide) groups is 1. The van der Waals surface area contributed by atoms with Crippen LogP contribution in [-0.4, -0.2) is 79.7 Å². The van der Waals surface area contributed by atoms with Crippen molar-refractivity contribution in [2.45, 2.75) is 97.0 Å². The van der Waals surface area contributed by atoms with Crippen LogP contribution < -0.4 is 16.9 Å². The Bertz CT molecular complexity index is 2270. The molecule has 4 aromatic rings. The number of nitrogens with zero attached hydrogens (tertiary/aromatic N) is 7. The molecule has 1 saturated heterocycles. The third kappa shape index (κ3) is 10.2. The Morgan fingerprint density at radius 2 is 1.45 bits per heavy atom. The molecule has 0 spiro atoms. The fourth-order valence-corrected chi connectivity index (χ4v) is 8.73. The molecule has 2 aliphatic heterocycles. The Labute approximate surface area is 350 Å². The number of aryl methyl sites for hydroxylation is 2. The fourth-order valence-electron chi connectivity index (χ4n) is 8.36. The van der Waals surface area contributed by atoms with Gasteiger partial charge in [0.2, 0.25) is 0 Å². The second-order valence-corrected chi connectivity index (χ2v) is 17.3. The first-order valence-corrected chi connectivity index (χ1v) is 22.2. The average molecular weight is 801 g/mol. The molecular formula is C47H64N10S. The molecule has 0 saturated carbocycles. The van der Waals surface area contributed by atoms with E-state index in [9.17, 15) is 0 Å². The highest BCUT2D eigenvalue weighted by atomic mass is 32.2. The first kappa shape index (κ1) is 42.7. The topological polar surface area (TPSA) is 128 Å². The number of hydrazone groups is 1. The molecule has 308 valence electrons. The van der Waals surface area contributed by atoms with Gasteiger partial charge < -0.3 is 30.9 Å². The van der Waals surface area contributed by atoms with Crippen LogP contribution in [0.15, 0.2) is 71.8 Å². The van der Waals surface area contributed by atoms with Gasteiger partial charge in [0.15, 0.2) is 0 Å². The van der Waals surface area contributed by atoms with E-state index < -0.39 is 0 Å². The van der Waals surface area contributed by atoms with Crippen LogP contribution in [0.4, 0.5) is 0 Å². The molecule has 4 heterocycles. The smallest absolute Gasteiger partial charge is 0.134 e. The molecule has 0 bridgehead atoms. The van der Waals surface area contributed by atoms with E-state index in [1.807, 2.05) is 51.7 Å². The van der Waals surface area contributed by atoms with Gasteiger partial charge in [0.25, 0.3) is 0 Å². The molecule has 1 fully saturated rings. The number of nitrogens with two attached hydrogens (primary N) is 2. The summed E-state index contributed by atoms with van der Waals surface area (Å²) in [6.45, 7) is 21.0. The number of hydrogen-bond acceptors (Lipinski definition) is 9. The maximum absolute atomic E-state index is 6.40. The number of imidazole rings is 2. The van der Waals surface area contributed by atoms with E-state index in [4.69, 9.17) is 21.4 Å². The van der Waals surface area contributed by atoms with Gasteiger partial charge in [0, 0.05) is 61.6 Å². The molecule has 0 aliphatic carbocycles. The SMILES string of the molecule is C=C(N)c1cc2c3c(c1)nc(/C=C/C(C)=N\C)n3C/C=C/Cn1c(/C=C/C(C)=N\NCC)nc3cc(C(=C)N)cc(c31)CCC(N1CCC(CCC(C)SC)C1)CC2. The third-order valence-corrected chi connectivity index (χ3v) is 12.8. The molecule has 0 amide bonds. The molecule has 58 heavy (non-hydrogen) atoms. The van der Waals surface area contributed by atoms with E-state index >= 15 is 0 Å². The summed E-state index contributed by atoms with van der Waals surface area (Å²) in [6.07, 6.45) is 22.6. The summed E-state index contributed by atoms with van der Waals surface area (Å²) < 4.78 is 4.68. The van der Waals surface area contributed by atoms with Crippen LogP contribution in [0.1, 0.15) is 93.7 Å². The van der Waals surface area contributed by atoms with Crippen molar-refractivity contribution in [1.82, 2.24) is 29.4 Å². The van der Waals surface area contributed by atoms with Crippen LogP contribution >= 0.6 is 11.8 Å². The van der Waals surface area contributed by atoms with Crippen molar-refractivity contribution < 1.29 is 0 Å². The van der Waals surface area contributed by atoms with Crippen molar-refractivity contribution in [3.05, 3.63) is 95.6 Å². The number of aromatic nitrogens is 4. The molecular weight excluding hydrogens is 737 g/mol. The summed E-state index contributed by atoms with van der Waals surface area (Å²) >= 11 is 1.98. The highest BCUT2D eigenvalue weighted by molar-refractivity contribution is 7.99. The molecule has 3 unspecified atom stereocenters. The first-order valence-electron chi connectivity index (χ1n) is 20.9. The lowest BCUT2D eigenvalue weighted by Gasteiger charge is -2.29. The van der Waals surface area contributed by atoms with Crippen LogP contribution in [0.25, 0.3) is 45.6 Å². The highest BCUT2D eigenvalue weighted by Gasteiger charge is 2.29. The van der Waals surface area contributed by atoms with Crippen molar-refractivity contribution in [3.8, 4) is 0 Å². The Morgan fingerprint density at radius 3 is 1.95 bits per heavy atom. The number of likely N-dealkylation sites (tertiary alicyclic amines) is 1. The highest BCUT2D eigenvalue weighted by Crippen LogP contribution is 2.33. The molecule has 2 aromatic heterocycles. The van der Waals surface area contributed by atoms with E-state index in [1.54, 1.807) is 0 Å². The summed E-state index contributed by atoms with van der Waals surface area (Å²) in [6, 6.07) is 9.06. The van der Waals surface area contributed by atoms with Crippen molar-refractivity contribution >= 4 is 68.8 Å². The van der Waals surface area contributed by atoms with Crippen molar-refractivity contribution in [1.29, 1.82) is 0 Å². The van der Waals surface area contributed by atoms with Crippen LogP contribution in [0.3, 0.4) is 0 Å². The van der Waals surface area contributed by atoms with E-state index in [-0.39, 0.29) is 0 Å². The van der Waals surface area contributed by atoms with Gasteiger partial charge >= 0.3 is 0 Å². The average Bonchev–Trinajstić information content (AvgIpc) is 3.93. The zero-order valence-electron chi connectivity index (χ0n) is 35.6. The lowest BCUT2D eigenvalue weighted by atomic mass is 9.94. The number of nitrogens with one attached hydrogen (secondary N) is 1. The molecule has 2 aliphatic rings. The maximum Gasteiger partial charge on any atom is 0.134 e. The minimum atomic E-state index is 0.380. The standard InChI is InChI=1S/C47H64N10S/c1-9-51-54-32(3)13-21-45-53-43-29-40(35(6)49)27-38-17-19-41(55-25-22-36(30-55)15-14-33(4)58-8)18-16-37-26-39(34(5)48)28-42-46(37)56(23-10-11-24-57(45)47(38)43)44(52-42)20-12-31(2)50-7/h10-13,20-21,26-29,33,36,41,51H,5-6,9,14-19,22-25,30,48-49H2,1-4,7-8H3/b11-10+,20-12+,21-13+,50-31-,54-32-. The summed E-state index contributed by atoms with van der Waals surface area (Å²) in [5, 5.41) is 5.16. The van der Waals surface area contributed by atoms with Crippen LogP contribution in [0.5, 0.6) is 0 Å². The normalized spacial score (nSPS) is 19.9.